The van der Waals surface area contributed by atoms with Crippen molar-refractivity contribution in [2.45, 2.75) is 63.9 Å². The highest BCUT2D eigenvalue weighted by molar-refractivity contribution is 5.86. The molecule has 6 aromatic rings. The number of fused-ring (bicyclic) bond motifs is 1. The fourth-order valence-electron chi connectivity index (χ4n) is 6.66. The van der Waals surface area contributed by atoms with Crippen LogP contribution >= 0.6 is 0 Å². The van der Waals surface area contributed by atoms with Crippen molar-refractivity contribution in [2.24, 2.45) is 0 Å². The first-order valence-electron chi connectivity index (χ1n) is 17.0. The van der Waals surface area contributed by atoms with Crippen molar-refractivity contribution in [2.75, 3.05) is 6.61 Å². The van der Waals surface area contributed by atoms with E-state index in [9.17, 15) is 0 Å². The molecule has 49 heavy (non-hydrogen) atoms. The van der Waals surface area contributed by atoms with Crippen LogP contribution in [0.3, 0.4) is 0 Å². The number of ether oxygens (including phenoxy) is 5. The zero-order valence-corrected chi connectivity index (χ0v) is 27.8. The number of nitrogens with one attached hydrogen (secondary N) is 1. The normalized spacial score (nSPS) is 20.8. The molecule has 1 aliphatic rings. The third-order valence-corrected chi connectivity index (χ3v) is 9.13. The van der Waals surface area contributed by atoms with Crippen LogP contribution in [0.5, 0.6) is 0 Å². The van der Waals surface area contributed by atoms with Gasteiger partial charge in [0.2, 0.25) is 0 Å². The second-order valence-corrected chi connectivity index (χ2v) is 12.6. The van der Waals surface area contributed by atoms with Gasteiger partial charge >= 0.3 is 0 Å². The van der Waals surface area contributed by atoms with Gasteiger partial charge in [0.1, 0.15) is 30.5 Å². The van der Waals surface area contributed by atoms with E-state index >= 15 is 0 Å². The fourth-order valence-corrected chi connectivity index (χ4v) is 6.66. The Balaban J connectivity index is 1.27. The largest absolute Gasteiger partial charge is 0.374 e. The summed E-state index contributed by atoms with van der Waals surface area (Å²) in [4.78, 5) is 3.49. The number of benzene rings is 5. The third kappa shape index (κ3) is 8.19. The van der Waals surface area contributed by atoms with Crippen LogP contribution in [0, 0.1) is 6.92 Å². The lowest BCUT2D eigenvalue weighted by atomic mass is 9.89. The number of H-pyrrole nitrogens is 1. The van der Waals surface area contributed by atoms with E-state index < -0.39 is 30.5 Å². The summed E-state index contributed by atoms with van der Waals surface area (Å²) in [6.45, 7) is 4.13. The Kier molecular flexibility index (Phi) is 10.9. The number of rotatable bonds is 14. The van der Waals surface area contributed by atoms with Crippen molar-refractivity contribution < 1.29 is 23.7 Å². The van der Waals surface area contributed by atoms with Crippen LogP contribution < -0.4 is 0 Å². The number of hydrogen-bond acceptors (Lipinski definition) is 5. The Bertz CT molecular complexity index is 1860. The van der Waals surface area contributed by atoms with Gasteiger partial charge in [-0.25, -0.2) is 0 Å². The second-order valence-electron chi connectivity index (χ2n) is 12.6. The minimum Gasteiger partial charge on any atom is -0.374 e. The first-order chi connectivity index (χ1) is 24.2. The fraction of sp³-hybridized carbons (Fsp3) is 0.256. The first kappa shape index (κ1) is 33.0. The van der Waals surface area contributed by atoms with E-state index in [1.165, 1.54) is 5.56 Å². The molecule has 0 saturated carbocycles. The summed E-state index contributed by atoms with van der Waals surface area (Å²) < 4.78 is 34.2. The van der Waals surface area contributed by atoms with E-state index in [4.69, 9.17) is 23.7 Å². The molecule has 1 saturated heterocycles. The Morgan fingerprint density at radius 3 is 1.57 bits per heavy atom. The van der Waals surface area contributed by atoms with E-state index in [1.807, 2.05) is 72.8 Å². The van der Waals surface area contributed by atoms with Gasteiger partial charge in [-0.15, -0.1) is 0 Å². The molecule has 6 nitrogen and oxygen atoms in total. The molecule has 2 heterocycles. The Labute approximate surface area is 288 Å². The second kappa shape index (κ2) is 16.2. The molecule has 0 aliphatic carbocycles. The Hall–Kier alpha value is -4.56. The highest BCUT2D eigenvalue weighted by Gasteiger charge is 2.49. The van der Waals surface area contributed by atoms with Crippen molar-refractivity contribution in [3.05, 3.63) is 179 Å². The van der Waals surface area contributed by atoms with Crippen molar-refractivity contribution in [3.8, 4) is 0 Å². The maximum absolute atomic E-state index is 7.14. The summed E-state index contributed by atoms with van der Waals surface area (Å²) in [6, 6.07) is 47.2. The maximum Gasteiger partial charge on any atom is 0.117 e. The molecule has 1 fully saturated rings. The molecule has 7 rings (SSSR count). The molecule has 0 spiro atoms. The molecule has 6 heteroatoms. The summed E-state index contributed by atoms with van der Waals surface area (Å²) in [6.07, 6.45) is -0.296. The minimum absolute atomic E-state index is 0.322. The van der Waals surface area contributed by atoms with Crippen molar-refractivity contribution >= 4 is 10.9 Å². The van der Waals surface area contributed by atoms with E-state index in [1.54, 1.807) is 0 Å². The monoisotopic (exact) mass is 653 g/mol. The standard InChI is InChI=1S/C43H43NO5/c1-31-15-14-24-37-39(31)36(25-44-37)40-42(47-28-34-20-10-4-11-21-34)43(48-29-35-22-12-5-13-23-35)41(46-27-33-18-8-3-9-19-33)38(49-40)30-45-26-32-16-6-2-7-17-32/h2-25,38,40-44H,26-30H2,1H3/t38-,40+,41-,42+,43+/m1/s1. The van der Waals surface area contributed by atoms with E-state index in [0.717, 1.165) is 38.7 Å². The summed E-state index contributed by atoms with van der Waals surface area (Å²) >= 11 is 0. The van der Waals surface area contributed by atoms with Crippen LogP contribution in [0.1, 0.15) is 39.5 Å². The van der Waals surface area contributed by atoms with Crippen LogP contribution in [0.4, 0.5) is 0 Å². The first-order valence-corrected chi connectivity index (χ1v) is 17.0. The topological polar surface area (TPSA) is 61.9 Å². The number of aromatic amines is 1. The van der Waals surface area contributed by atoms with Crippen LogP contribution in [0.2, 0.25) is 0 Å². The van der Waals surface area contributed by atoms with Gasteiger partial charge in [-0.3, -0.25) is 0 Å². The molecule has 5 atom stereocenters. The maximum atomic E-state index is 7.14. The molecule has 0 unspecified atom stereocenters. The van der Waals surface area contributed by atoms with E-state index in [0.29, 0.717) is 33.0 Å². The van der Waals surface area contributed by atoms with Gasteiger partial charge in [0.15, 0.2) is 0 Å². The van der Waals surface area contributed by atoms with Crippen LogP contribution in [0.15, 0.2) is 146 Å². The van der Waals surface area contributed by atoms with Gasteiger partial charge in [0.25, 0.3) is 0 Å². The lowest BCUT2D eigenvalue weighted by Crippen LogP contribution is -2.58. The SMILES string of the molecule is Cc1cccc2[nH]cc([C@@H]3O[C@H](COCc4ccccc4)[C@@H](OCc4ccccc4)[C@H](OCc4ccccc4)[C@H]3OCc3ccccc3)c12. The van der Waals surface area contributed by atoms with Gasteiger partial charge in [-0.2, -0.15) is 0 Å². The Morgan fingerprint density at radius 2 is 1.02 bits per heavy atom. The van der Waals surface area contributed by atoms with Crippen LogP contribution in [0.25, 0.3) is 10.9 Å². The van der Waals surface area contributed by atoms with Gasteiger partial charge in [-0.05, 0) is 40.8 Å². The van der Waals surface area contributed by atoms with Gasteiger partial charge in [0.05, 0.1) is 33.0 Å². The van der Waals surface area contributed by atoms with Crippen LogP contribution in [-0.4, -0.2) is 36.0 Å². The van der Waals surface area contributed by atoms with Crippen LogP contribution in [-0.2, 0) is 50.1 Å². The molecule has 0 bridgehead atoms. The smallest absolute Gasteiger partial charge is 0.117 e. The summed E-state index contributed by atoms with van der Waals surface area (Å²) in [5, 5.41) is 1.13. The van der Waals surface area contributed by atoms with E-state index in [2.05, 4.69) is 84.8 Å². The number of hydrogen-bond donors (Lipinski definition) is 1. The lowest BCUT2D eigenvalue weighted by molar-refractivity contribution is -0.274. The zero-order valence-electron chi connectivity index (χ0n) is 27.8. The summed E-state index contributed by atoms with van der Waals surface area (Å²) in [5.41, 5.74) is 7.59. The van der Waals surface area contributed by atoms with Crippen molar-refractivity contribution in [3.63, 3.8) is 0 Å². The summed E-state index contributed by atoms with van der Waals surface area (Å²) in [7, 11) is 0. The molecular weight excluding hydrogens is 610 g/mol. The Morgan fingerprint density at radius 1 is 0.531 bits per heavy atom. The highest BCUT2D eigenvalue weighted by atomic mass is 16.6. The van der Waals surface area contributed by atoms with E-state index in [-0.39, 0.29) is 0 Å². The average molecular weight is 654 g/mol. The predicted molar refractivity (Wildman–Crippen MR) is 192 cm³/mol. The molecule has 1 aromatic heterocycles. The minimum atomic E-state index is -0.492. The quantitative estimate of drug-likeness (QED) is 0.127. The van der Waals surface area contributed by atoms with Gasteiger partial charge < -0.3 is 28.7 Å². The molecule has 1 N–H and O–H groups in total. The molecule has 250 valence electrons. The third-order valence-electron chi connectivity index (χ3n) is 9.13. The van der Waals surface area contributed by atoms with Crippen molar-refractivity contribution in [1.82, 2.24) is 4.98 Å². The number of aromatic nitrogens is 1. The average Bonchev–Trinajstić information content (AvgIpc) is 3.60. The molecular formula is C43H43NO5. The summed E-state index contributed by atoms with van der Waals surface area (Å²) in [5.74, 6) is 0. The zero-order chi connectivity index (χ0) is 33.3. The number of aryl methyl sites for hydroxylation is 1. The predicted octanol–water partition coefficient (Wildman–Crippen LogP) is 8.89. The highest BCUT2D eigenvalue weighted by Crippen LogP contribution is 2.41. The molecule has 1 aliphatic heterocycles. The van der Waals surface area contributed by atoms with Gasteiger partial charge in [0, 0.05) is 22.7 Å². The van der Waals surface area contributed by atoms with Gasteiger partial charge in [-0.1, -0.05) is 133 Å². The lowest BCUT2D eigenvalue weighted by Gasteiger charge is -2.46. The molecule has 5 aromatic carbocycles. The molecule has 0 radical (unpaired) electrons. The molecule has 0 amide bonds. The van der Waals surface area contributed by atoms with Crippen molar-refractivity contribution in [1.29, 1.82) is 0 Å².